The zero-order chi connectivity index (χ0) is 16.8. The molecule has 6 heteroatoms. The van der Waals surface area contributed by atoms with E-state index in [0.29, 0.717) is 27.0 Å². The van der Waals surface area contributed by atoms with Crippen LogP contribution in [0.25, 0.3) is 0 Å². The van der Waals surface area contributed by atoms with Crippen LogP contribution in [0.2, 0.25) is 10.0 Å². The molecule has 23 heavy (non-hydrogen) atoms. The molecule has 2 rings (SSSR count). The molecule has 122 valence electrons. The Bertz CT molecular complexity index is 691. The van der Waals surface area contributed by atoms with Crippen molar-refractivity contribution in [2.75, 3.05) is 19.0 Å². The van der Waals surface area contributed by atoms with E-state index in [1.807, 2.05) is 18.2 Å². The number of benzene rings is 2. The molecular formula is C17H17Cl2NO3. The van der Waals surface area contributed by atoms with Gasteiger partial charge in [-0.25, -0.2) is 4.79 Å². The maximum Gasteiger partial charge on any atom is 0.333 e. The summed E-state index contributed by atoms with van der Waals surface area (Å²) in [5.41, 5.74) is 1.34. The van der Waals surface area contributed by atoms with Crippen molar-refractivity contribution in [2.24, 2.45) is 0 Å². The highest BCUT2D eigenvalue weighted by atomic mass is 35.5. The molecular weight excluding hydrogens is 337 g/mol. The second kappa shape index (κ2) is 8.09. The van der Waals surface area contributed by atoms with E-state index < -0.39 is 12.0 Å². The minimum absolute atomic E-state index is 0.285. The average Bonchev–Trinajstić information content (AvgIpc) is 2.56. The number of nitrogens with one attached hydrogen (secondary N) is 1. The van der Waals surface area contributed by atoms with Crippen molar-refractivity contribution in [1.82, 2.24) is 0 Å². The number of esters is 1. The number of anilines is 1. The van der Waals surface area contributed by atoms with Gasteiger partial charge in [-0.3, -0.25) is 0 Å². The maximum atomic E-state index is 12.4. The van der Waals surface area contributed by atoms with Crippen LogP contribution in [-0.2, 0) is 9.53 Å². The first-order chi connectivity index (χ1) is 11.1. The molecule has 0 amide bonds. The molecule has 4 nitrogen and oxygen atoms in total. The Kier molecular flexibility index (Phi) is 6.13. The first-order valence-corrected chi connectivity index (χ1v) is 7.83. The molecule has 0 spiro atoms. The van der Waals surface area contributed by atoms with Gasteiger partial charge in [-0.05, 0) is 31.2 Å². The van der Waals surface area contributed by atoms with Gasteiger partial charge < -0.3 is 14.8 Å². The zero-order valence-electron chi connectivity index (χ0n) is 12.8. The number of halogens is 2. The fourth-order valence-corrected chi connectivity index (χ4v) is 2.44. The lowest BCUT2D eigenvalue weighted by atomic mass is 10.1. The summed E-state index contributed by atoms with van der Waals surface area (Å²) in [6.45, 7) is 2.05. The lowest BCUT2D eigenvalue weighted by molar-refractivity contribution is -0.144. The molecule has 0 fully saturated rings. The molecule has 0 aliphatic heterocycles. The summed E-state index contributed by atoms with van der Waals surface area (Å²) in [4.78, 5) is 12.4. The van der Waals surface area contributed by atoms with Crippen LogP contribution >= 0.6 is 23.2 Å². The Morgan fingerprint density at radius 1 is 1.17 bits per heavy atom. The van der Waals surface area contributed by atoms with E-state index in [1.165, 1.54) is 0 Å². The standard InChI is InChI=1S/C17H17Cl2NO3/c1-3-23-17(21)16(12-6-4-5-7-15(12)22-2)20-11-8-9-13(18)14(19)10-11/h4-10,16,20H,3H2,1-2H3. The number of hydrogen-bond acceptors (Lipinski definition) is 4. The minimum atomic E-state index is -0.719. The number of methoxy groups -OCH3 is 1. The fraction of sp³-hybridized carbons (Fsp3) is 0.235. The zero-order valence-corrected chi connectivity index (χ0v) is 14.3. The van der Waals surface area contributed by atoms with Gasteiger partial charge in [0.1, 0.15) is 5.75 Å². The smallest absolute Gasteiger partial charge is 0.333 e. The van der Waals surface area contributed by atoms with Crippen molar-refractivity contribution >= 4 is 34.9 Å². The maximum absolute atomic E-state index is 12.4. The molecule has 2 aromatic carbocycles. The average molecular weight is 354 g/mol. The Labute approximate surface area is 145 Å². The number of para-hydroxylation sites is 1. The second-order valence-electron chi connectivity index (χ2n) is 4.70. The van der Waals surface area contributed by atoms with Crippen LogP contribution in [0.5, 0.6) is 5.75 Å². The van der Waals surface area contributed by atoms with Crippen molar-refractivity contribution in [3.63, 3.8) is 0 Å². The third-order valence-electron chi connectivity index (χ3n) is 3.20. The van der Waals surface area contributed by atoms with Crippen molar-refractivity contribution in [3.8, 4) is 5.75 Å². The predicted octanol–water partition coefficient (Wildman–Crippen LogP) is 4.72. The number of carbonyl (C=O) groups excluding carboxylic acids is 1. The van der Waals surface area contributed by atoms with Gasteiger partial charge in [-0.1, -0.05) is 41.4 Å². The van der Waals surface area contributed by atoms with Crippen molar-refractivity contribution in [1.29, 1.82) is 0 Å². The lowest BCUT2D eigenvalue weighted by Gasteiger charge is -2.21. The van der Waals surface area contributed by atoms with Gasteiger partial charge in [0.05, 0.1) is 23.8 Å². The molecule has 0 bridgehead atoms. The van der Waals surface area contributed by atoms with Crippen LogP contribution < -0.4 is 10.1 Å². The largest absolute Gasteiger partial charge is 0.496 e. The molecule has 0 heterocycles. The Hall–Kier alpha value is -1.91. The topological polar surface area (TPSA) is 47.6 Å². The Morgan fingerprint density at radius 2 is 1.91 bits per heavy atom. The van der Waals surface area contributed by atoms with Crippen LogP contribution in [0.3, 0.4) is 0 Å². The van der Waals surface area contributed by atoms with Gasteiger partial charge >= 0.3 is 5.97 Å². The minimum Gasteiger partial charge on any atom is -0.496 e. The normalized spacial score (nSPS) is 11.7. The molecule has 0 radical (unpaired) electrons. The Morgan fingerprint density at radius 3 is 2.57 bits per heavy atom. The van der Waals surface area contributed by atoms with E-state index >= 15 is 0 Å². The van der Waals surface area contributed by atoms with Crippen LogP contribution in [0.4, 0.5) is 5.69 Å². The number of carbonyl (C=O) groups is 1. The second-order valence-corrected chi connectivity index (χ2v) is 5.51. The summed E-state index contributed by atoms with van der Waals surface area (Å²) in [6.07, 6.45) is 0. The molecule has 2 aromatic rings. The molecule has 0 aliphatic rings. The number of rotatable bonds is 6. The first kappa shape index (κ1) is 17.4. The third-order valence-corrected chi connectivity index (χ3v) is 3.94. The van der Waals surface area contributed by atoms with E-state index in [2.05, 4.69) is 5.32 Å². The van der Waals surface area contributed by atoms with E-state index in [4.69, 9.17) is 32.7 Å². The number of ether oxygens (including phenoxy) is 2. The monoisotopic (exact) mass is 353 g/mol. The van der Waals surface area contributed by atoms with Gasteiger partial charge in [0, 0.05) is 11.3 Å². The molecule has 1 unspecified atom stereocenters. The molecule has 0 saturated carbocycles. The molecule has 0 aliphatic carbocycles. The van der Waals surface area contributed by atoms with E-state index in [0.717, 1.165) is 0 Å². The summed E-state index contributed by atoms with van der Waals surface area (Å²) < 4.78 is 10.5. The van der Waals surface area contributed by atoms with Crippen molar-refractivity contribution in [2.45, 2.75) is 13.0 Å². The van der Waals surface area contributed by atoms with Crippen LogP contribution in [-0.4, -0.2) is 19.7 Å². The summed E-state index contributed by atoms with van der Waals surface area (Å²) in [5, 5.41) is 3.97. The molecule has 0 saturated heterocycles. The Balaban J connectivity index is 2.37. The van der Waals surface area contributed by atoms with E-state index in [1.54, 1.807) is 38.3 Å². The van der Waals surface area contributed by atoms with E-state index in [-0.39, 0.29) is 6.61 Å². The van der Waals surface area contributed by atoms with Gasteiger partial charge in [0.2, 0.25) is 0 Å². The molecule has 1 atom stereocenters. The number of hydrogen-bond donors (Lipinski definition) is 1. The summed E-state index contributed by atoms with van der Waals surface area (Å²) in [7, 11) is 1.56. The summed E-state index contributed by atoms with van der Waals surface area (Å²) in [5.74, 6) is 0.196. The van der Waals surface area contributed by atoms with Crippen LogP contribution in [0.1, 0.15) is 18.5 Å². The quantitative estimate of drug-likeness (QED) is 0.763. The van der Waals surface area contributed by atoms with Gasteiger partial charge in [0.25, 0.3) is 0 Å². The highest BCUT2D eigenvalue weighted by molar-refractivity contribution is 6.42. The molecule has 1 N–H and O–H groups in total. The van der Waals surface area contributed by atoms with E-state index in [9.17, 15) is 4.79 Å². The SMILES string of the molecule is CCOC(=O)C(Nc1ccc(Cl)c(Cl)c1)c1ccccc1OC. The van der Waals surface area contributed by atoms with Crippen molar-refractivity contribution in [3.05, 3.63) is 58.1 Å². The van der Waals surface area contributed by atoms with Crippen molar-refractivity contribution < 1.29 is 14.3 Å². The highest BCUT2D eigenvalue weighted by Crippen LogP contribution is 2.31. The summed E-state index contributed by atoms with van der Waals surface area (Å²) in [6, 6.07) is 11.6. The van der Waals surface area contributed by atoms with Crippen LogP contribution in [0, 0.1) is 0 Å². The highest BCUT2D eigenvalue weighted by Gasteiger charge is 2.25. The predicted molar refractivity (Wildman–Crippen MR) is 92.5 cm³/mol. The third kappa shape index (κ3) is 4.30. The lowest BCUT2D eigenvalue weighted by Crippen LogP contribution is -2.24. The van der Waals surface area contributed by atoms with Gasteiger partial charge in [-0.2, -0.15) is 0 Å². The molecule has 0 aromatic heterocycles. The van der Waals surface area contributed by atoms with Gasteiger partial charge in [-0.15, -0.1) is 0 Å². The summed E-state index contributed by atoms with van der Waals surface area (Å²) >= 11 is 12.0. The first-order valence-electron chi connectivity index (χ1n) is 7.08. The fourth-order valence-electron chi connectivity index (χ4n) is 2.15. The van der Waals surface area contributed by atoms with Crippen LogP contribution in [0.15, 0.2) is 42.5 Å². The van der Waals surface area contributed by atoms with Gasteiger partial charge in [0.15, 0.2) is 6.04 Å².